The molecule has 1 amide bonds. The number of halogens is 1. The summed E-state index contributed by atoms with van der Waals surface area (Å²) in [4.78, 5) is 40.5. The second-order valence-corrected chi connectivity index (χ2v) is 7.79. The molecule has 1 aliphatic heterocycles. The van der Waals surface area contributed by atoms with E-state index in [9.17, 15) is 23.9 Å². The van der Waals surface area contributed by atoms with Gasteiger partial charge in [-0.3, -0.25) is 9.59 Å². The van der Waals surface area contributed by atoms with Gasteiger partial charge < -0.3 is 29.6 Å². The summed E-state index contributed by atoms with van der Waals surface area (Å²) >= 11 is 0. The Morgan fingerprint density at radius 2 is 1.91 bits per heavy atom. The van der Waals surface area contributed by atoms with Crippen molar-refractivity contribution >= 4 is 11.9 Å². The minimum atomic E-state index is -0.934. The van der Waals surface area contributed by atoms with E-state index in [1.54, 1.807) is 37.3 Å². The third-order valence-electron chi connectivity index (χ3n) is 5.54. The highest BCUT2D eigenvalue weighted by Crippen LogP contribution is 2.39. The third kappa shape index (κ3) is 5.26. The van der Waals surface area contributed by atoms with Crippen LogP contribution in [0.15, 0.2) is 53.5 Å². The van der Waals surface area contributed by atoms with E-state index in [-0.39, 0.29) is 43.3 Å². The van der Waals surface area contributed by atoms with Crippen molar-refractivity contribution in [2.75, 3.05) is 13.4 Å². The Balaban J connectivity index is 1.68. The van der Waals surface area contributed by atoms with Crippen molar-refractivity contribution in [3.8, 4) is 17.2 Å². The monoisotopic (exact) mass is 482 g/mol. The normalized spacial score (nSPS) is 12.7. The van der Waals surface area contributed by atoms with Gasteiger partial charge in [-0.25, -0.2) is 9.18 Å². The van der Waals surface area contributed by atoms with Crippen LogP contribution >= 0.6 is 0 Å². The third-order valence-corrected chi connectivity index (χ3v) is 5.54. The molecule has 0 bridgehead atoms. The standard InChI is InChI=1S/C25H23FN2O7/c1-2-33-25(32)18-12-28-24(31)22(23(18)30)17(15-5-8-19-20(9-15)35-13-34-19)10-21(29)27-11-14-3-6-16(26)7-4-14/h3-9,12,17H,2,10-11,13H2,1H3,(H,27,29)(H2,28,30,31). The number of esters is 1. The number of fused-ring (bicyclic) bond motifs is 1. The van der Waals surface area contributed by atoms with Crippen molar-refractivity contribution in [2.24, 2.45) is 0 Å². The Kier molecular flexibility index (Phi) is 7.00. The molecule has 0 fully saturated rings. The van der Waals surface area contributed by atoms with Gasteiger partial charge in [-0.2, -0.15) is 0 Å². The Morgan fingerprint density at radius 1 is 1.17 bits per heavy atom. The van der Waals surface area contributed by atoms with Crippen molar-refractivity contribution in [1.29, 1.82) is 0 Å². The molecule has 0 spiro atoms. The summed E-state index contributed by atoms with van der Waals surface area (Å²) in [6.07, 6.45) is 0.841. The first-order valence-electron chi connectivity index (χ1n) is 10.9. The number of H-pyrrole nitrogens is 1. The first kappa shape index (κ1) is 23.8. The number of carbonyl (C=O) groups excluding carboxylic acids is 2. The Morgan fingerprint density at radius 3 is 2.66 bits per heavy atom. The topological polar surface area (TPSA) is 127 Å². The van der Waals surface area contributed by atoms with Crippen LogP contribution in [0.4, 0.5) is 4.39 Å². The molecule has 2 heterocycles. The number of aromatic hydroxyl groups is 1. The van der Waals surface area contributed by atoms with Crippen LogP contribution in [0.1, 0.15) is 46.3 Å². The second-order valence-electron chi connectivity index (χ2n) is 7.79. The lowest BCUT2D eigenvalue weighted by atomic mass is 9.87. The van der Waals surface area contributed by atoms with Gasteiger partial charge in [-0.1, -0.05) is 18.2 Å². The van der Waals surface area contributed by atoms with Crippen LogP contribution in [0.5, 0.6) is 17.2 Å². The summed E-state index contributed by atoms with van der Waals surface area (Å²) < 4.78 is 28.9. The zero-order chi connectivity index (χ0) is 24.9. The summed E-state index contributed by atoms with van der Waals surface area (Å²) in [5, 5.41) is 13.6. The maximum atomic E-state index is 13.1. The molecule has 1 atom stereocenters. The molecule has 0 saturated carbocycles. The molecule has 9 nitrogen and oxygen atoms in total. The largest absolute Gasteiger partial charge is 0.506 e. The Labute approximate surface area is 199 Å². The Hall–Kier alpha value is -4.34. The van der Waals surface area contributed by atoms with Crippen LogP contribution in [0.25, 0.3) is 0 Å². The number of nitrogens with one attached hydrogen (secondary N) is 2. The summed E-state index contributed by atoms with van der Waals surface area (Å²) in [5.41, 5.74) is 0.132. The molecular formula is C25H23FN2O7. The summed E-state index contributed by atoms with van der Waals surface area (Å²) in [7, 11) is 0. The molecule has 35 heavy (non-hydrogen) atoms. The first-order chi connectivity index (χ1) is 16.9. The van der Waals surface area contributed by atoms with Gasteiger partial charge in [0.2, 0.25) is 12.7 Å². The van der Waals surface area contributed by atoms with Gasteiger partial charge in [-0.05, 0) is 42.3 Å². The van der Waals surface area contributed by atoms with Gasteiger partial charge in [0.15, 0.2) is 11.5 Å². The number of benzene rings is 2. The number of pyridine rings is 1. The van der Waals surface area contributed by atoms with E-state index in [2.05, 4.69) is 10.3 Å². The second kappa shape index (κ2) is 10.3. The van der Waals surface area contributed by atoms with Gasteiger partial charge in [-0.15, -0.1) is 0 Å². The van der Waals surface area contributed by atoms with E-state index in [4.69, 9.17) is 14.2 Å². The molecule has 4 rings (SSSR count). The molecule has 1 aliphatic rings. The van der Waals surface area contributed by atoms with Gasteiger partial charge in [0.05, 0.1) is 12.2 Å². The predicted molar refractivity (Wildman–Crippen MR) is 122 cm³/mol. The smallest absolute Gasteiger partial charge is 0.343 e. The summed E-state index contributed by atoms with van der Waals surface area (Å²) in [5.74, 6) is -2.20. The molecule has 0 saturated heterocycles. The van der Waals surface area contributed by atoms with Gasteiger partial charge in [0.25, 0.3) is 5.56 Å². The quantitative estimate of drug-likeness (QED) is 0.421. The molecule has 10 heteroatoms. The Bertz CT molecular complexity index is 1300. The van der Waals surface area contributed by atoms with Crippen LogP contribution in [0.3, 0.4) is 0 Å². The zero-order valence-electron chi connectivity index (χ0n) is 18.8. The summed E-state index contributed by atoms with van der Waals surface area (Å²) in [6.45, 7) is 1.86. The highest BCUT2D eigenvalue weighted by atomic mass is 19.1. The van der Waals surface area contributed by atoms with E-state index >= 15 is 0 Å². The number of amides is 1. The highest BCUT2D eigenvalue weighted by molar-refractivity contribution is 5.92. The minimum Gasteiger partial charge on any atom is -0.506 e. The molecule has 3 aromatic rings. The maximum absolute atomic E-state index is 13.1. The molecule has 2 aromatic carbocycles. The van der Waals surface area contributed by atoms with Crippen molar-refractivity contribution in [2.45, 2.75) is 25.8 Å². The van der Waals surface area contributed by atoms with Crippen molar-refractivity contribution in [1.82, 2.24) is 10.3 Å². The fourth-order valence-electron chi connectivity index (χ4n) is 3.80. The van der Waals surface area contributed by atoms with E-state index in [0.29, 0.717) is 22.6 Å². The summed E-state index contributed by atoms with van der Waals surface area (Å²) in [6, 6.07) is 10.6. The number of ether oxygens (including phenoxy) is 3. The number of hydrogen-bond acceptors (Lipinski definition) is 7. The van der Waals surface area contributed by atoms with Gasteiger partial charge >= 0.3 is 5.97 Å². The lowest BCUT2D eigenvalue weighted by molar-refractivity contribution is -0.121. The lowest BCUT2D eigenvalue weighted by Crippen LogP contribution is -2.27. The fourth-order valence-corrected chi connectivity index (χ4v) is 3.80. The van der Waals surface area contributed by atoms with Crippen LogP contribution in [-0.2, 0) is 16.1 Å². The van der Waals surface area contributed by atoms with Crippen LogP contribution in [-0.4, -0.2) is 35.4 Å². The van der Waals surface area contributed by atoms with Gasteiger partial charge in [0, 0.05) is 25.1 Å². The van der Waals surface area contributed by atoms with Crippen molar-refractivity contribution in [3.05, 3.63) is 87.1 Å². The highest BCUT2D eigenvalue weighted by Gasteiger charge is 2.29. The maximum Gasteiger partial charge on any atom is 0.343 e. The number of aromatic amines is 1. The first-order valence-corrected chi connectivity index (χ1v) is 10.9. The molecule has 0 radical (unpaired) electrons. The fraction of sp³-hybridized carbons (Fsp3) is 0.240. The van der Waals surface area contributed by atoms with Crippen LogP contribution in [0, 0.1) is 5.82 Å². The van der Waals surface area contributed by atoms with E-state index in [0.717, 1.165) is 6.20 Å². The lowest BCUT2D eigenvalue weighted by Gasteiger charge is -2.19. The number of carbonyl (C=O) groups is 2. The number of rotatable bonds is 8. The van der Waals surface area contributed by atoms with Crippen LogP contribution < -0.4 is 20.3 Å². The molecule has 1 unspecified atom stereocenters. The molecule has 182 valence electrons. The predicted octanol–water partition coefficient (Wildman–Crippen LogP) is 2.96. The zero-order valence-corrected chi connectivity index (χ0v) is 18.8. The minimum absolute atomic E-state index is 0.0335. The molecule has 0 aliphatic carbocycles. The van der Waals surface area contributed by atoms with Crippen molar-refractivity contribution < 1.29 is 33.3 Å². The van der Waals surface area contributed by atoms with Crippen molar-refractivity contribution in [3.63, 3.8) is 0 Å². The number of hydrogen-bond donors (Lipinski definition) is 3. The van der Waals surface area contributed by atoms with E-state index in [1.807, 2.05) is 0 Å². The van der Waals surface area contributed by atoms with Crippen LogP contribution in [0.2, 0.25) is 0 Å². The van der Waals surface area contributed by atoms with Gasteiger partial charge in [0.1, 0.15) is 17.1 Å². The molecule has 3 N–H and O–H groups in total. The average molecular weight is 482 g/mol. The van der Waals surface area contributed by atoms with E-state index in [1.165, 1.54) is 12.1 Å². The SMILES string of the molecule is CCOC(=O)c1c[nH]c(=O)c(C(CC(=O)NCc2ccc(F)cc2)c2ccc3c(c2)OCO3)c1O. The number of aromatic nitrogens is 1. The molecule has 1 aromatic heterocycles. The molecular weight excluding hydrogens is 459 g/mol. The average Bonchev–Trinajstić information content (AvgIpc) is 3.31. The van der Waals surface area contributed by atoms with E-state index < -0.39 is 29.1 Å².